The monoisotopic (exact) mass is 174 g/mol. The van der Waals surface area contributed by atoms with Gasteiger partial charge in [-0.25, -0.2) is 0 Å². The first kappa shape index (κ1) is 7.09. The molecular weight excluding hydrogens is 164 g/mol. The highest BCUT2D eigenvalue weighted by Gasteiger charge is 2.30. The zero-order chi connectivity index (χ0) is 8.84. The zero-order valence-corrected chi connectivity index (χ0v) is 7.40. The predicted molar refractivity (Wildman–Crippen MR) is 49.4 cm³/mol. The van der Waals surface area contributed by atoms with E-state index in [1.54, 1.807) is 0 Å². The van der Waals surface area contributed by atoms with Gasteiger partial charge in [-0.05, 0) is 6.07 Å². The van der Waals surface area contributed by atoms with Crippen molar-refractivity contribution in [1.29, 1.82) is 0 Å². The molecule has 1 aromatic heterocycles. The molecule has 0 saturated carbocycles. The maximum absolute atomic E-state index is 5.28. The topological polar surface area (TPSA) is 30.4 Å². The Labute approximate surface area is 75.9 Å². The lowest BCUT2D eigenvalue weighted by atomic mass is 10.2. The summed E-state index contributed by atoms with van der Waals surface area (Å²) in [6.45, 7) is 0.837. The third kappa shape index (κ3) is 0.971. The second kappa shape index (κ2) is 2.33. The highest BCUT2D eigenvalue weighted by Crippen LogP contribution is 2.34. The van der Waals surface area contributed by atoms with Gasteiger partial charge in [0.15, 0.2) is 0 Å². The van der Waals surface area contributed by atoms with E-state index in [2.05, 4.69) is 11.2 Å². The van der Waals surface area contributed by atoms with Crippen molar-refractivity contribution in [2.75, 3.05) is 6.61 Å². The minimum atomic E-state index is 0.275. The van der Waals surface area contributed by atoms with Crippen molar-refractivity contribution in [3.63, 3.8) is 0 Å². The van der Waals surface area contributed by atoms with Gasteiger partial charge >= 0.3 is 0 Å². The highest BCUT2D eigenvalue weighted by atomic mass is 16.6. The van der Waals surface area contributed by atoms with Crippen LogP contribution in [0.2, 0.25) is 0 Å². The Morgan fingerprint density at radius 3 is 3.00 bits per heavy atom. The lowest BCUT2D eigenvalue weighted by molar-refractivity contribution is 0.405. The summed E-state index contributed by atoms with van der Waals surface area (Å²) in [5.41, 5.74) is 2.26. The number of aromatic nitrogens is 2. The molecule has 13 heavy (non-hydrogen) atoms. The molecule has 1 aromatic carbocycles. The van der Waals surface area contributed by atoms with Gasteiger partial charge in [0.2, 0.25) is 0 Å². The van der Waals surface area contributed by atoms with E-state index in [1.807, 2.05) is 29.9 Å². The Bertz CT molecular complexity index is 457. The smallest absolute Gasteiger partial charge is 0.123 e. The van der Waals surface area contributed by atoms with E-state index in [0.29, 0.717) is 0 Å². The van der Waals surface area contributed by atoms with Crippen molar-refractivity contribution in [3.05, 3.63) is 30.0 Å². The van der Waals surface area contributed by atoms with Crippen molar-refractivity contribution < 1.29 is 4.74 Å². The predicted octanol–water partition coefficient (Wildman–Crippen LogP) is 1.64. The van der Waals surface area contributed by atoms with Crippen LogP contribution < -0.4 is 0 Å². The van der Waals surface area contributed by atoms with Crippen LogP contribution in [-0.2, 0) is 11.8 Å². The maximum Gasteiger partial charge on any atom is 0.123 e. The summed E-state index contributed by atoms with van der Waals surface area (Å²) in [4.78, 5) is 0. The normalized spacial score (nSPS) is 20.8. The van der Waals surface area contributed by atoms with Crippen molar-refractivity contribution in [2.45, 2.75) is 6.10 Å². The van der Waals surface area contributed by atoms with E-state index >= 15 is 0 Å². The average molecular weight is 174 g/mol. The Morgan fingerprint density at radius 1 is 1.46 bits per heavy atom. The van der Waals surface area contributed by atoms with Gasteiger partial charge in [0.25, 0.3) is 0 Å². The highest BCUT2D eigenvalue weighted by molar-refractivity contribution is 5.82. The van der Waals surface area contributed by atoms with Crippen LogP contribution in [-0.4, -0.2) is 16.4 Å². The average Bonchev–Trinajstić information content (AvgIpc) is 2.88. The fourth-order valence-corrected chi connectivity index (χ4v) is 1.76. The number of nitrogens with zero attached hydrogens (tertiary/aromatic N) is 2. The molecule has 66 valence electrons. The SMILES string of the molecule is Cn1nc2ccccc2c1C1CO1. The summed E-state index contributed by atoms with van der Waals surface area (Å²) in [7, 11) is 1.97. The molecule has 1 atom stereocenters. The molecule has 1 aliphatic rings. The number of hydrogen-bond donors (Lipinski definition) is 0. The van der Waals surface area contributed by atoms with Crippen LogP contribution in [0.5, 0.6) is 0 Å². The number of ether oxygens (including phenoxy) is 1. The van der Waals surface area contributed by atoms with Gasteiger partial charge in [-0.2, -0.15) is 5.10 Å². The Hall–Kier alpha value is -1.35. The Kier molecular flexibility index (Phi) is 1.27. The Morgan fingerprint density at radius 2 is 2.23 bits per heavy atom. The van der Waals surface area contributed by atoms with Crippen molar-refractivity contribution >= 4 is 10.9 Å². The number of hydrogen-bond acceptors (Lipinski definition) is 2. The molecule has 3 rings (SSSR count). The lowest BCUT2D eigenvalue weighted by Gasteiger charge is -1.95. The third-order valence-electron chi connectivity index (χ3n) is 2.42. The minimum absolute atomic E-state index is 0.275. The van der Waals surface area contributed by atoms with E-state index in [0.717, 1.165) is 12.1 Å². The summed E-state index contributed by atoms with van der Waals surface area (Å²) in [6, 6.07) is 8.17. The van der Waals surface area contributed by atoms with Gasteiger partial charge in [0, 0.05) is 12.4 Å². The van der Waals surface area contributed by atoms with Gasteiger partial charge in [0.1, 0.15) is 6.10 Å². The van der Waals surface area contributed by atoms with Gasteiger partial charge in [-0.15, -0.1) is 0 Å². The molecule has 0 aliphatic carbocycles. The molecule has 1 unspecified atom stereocenters. The van der Waals surface area contributed by atoms with Crippen LogP contribution in [0.3, 0.4) is 0 Å². The van der Waals surface area contributed by atoms with Crippen LogP contribution >= 0.6 is 0 Å². The maximum atomic E-state index is 5.28. The number of aryl methyl sites for hydroxylation is 1. The fourth-order valence-electron chi connectivity index (χ4n) is 1.76. The van der Waals surface area contributed by atoms with Crippen LogP contribution in [0.4, 0.5) is 0 Å². The number of benzene rings is 1. The van der Waals surface area contributed by atoms with E-state index in [9.17, 15) is 0 Å². The molecule has 0 bridgehead atoms. The fraction of sp³-hybridized carbons (Fsp3) is 0.300. The Balaban J connectivity index is 2.35. The summed E-state index contributed by atoms with van der Waals surface area (Å²) in [5, 5.41) is 5.63. The van der Waals surface area contributed by atoms with E-state index < -0.39 is 0 Å². The van der Waals surface area contributed by atoms with Crippen LogP contribution in [0.25, 0.3) is 10.9 Å². The van der Waals surface area contributed by atoms with E-state index in [-0.39, 0.29) is 6.10 Å². The molecule has 0 N–H and O–H groups in total. The van der Waals surface area contributed by atoms with Gasteiger partial charge in [-0.1, -0.05) is 18.2 Å². The molecule has 0 amide bonds. The van der Waals surface area contributed by atoms with Crippen LogP contribution in [0, 0.1) is 0 Å². The summed E-state index contributed by atoms with van der Waals surface area (Å²) in [5.74, 6) is 0. The standard InChI is InChI=1S/C10H10N2O/c1-12-10(9-6-13-9)7-4-2-3-5-8(7)11-12/h2-5,9H,6H2,1H3. The molecule has 2 heterocycles. The molecular formula is C10H10N2O. The summed E-state index contributed by atoms with van der Waals surface area (Å²) < 4.78 is 7.20. The first-order chi connectivity index (χ1) is 6.36. The molecule has 1 aliphatic heterocycles. The number of fused-ring (bicyclic) bond motifs is 1. The third-order valence-corrected chi connectivity index (χ3v) is 2.42. The van der Waals surface area contributed by atoms with E-state index in [1.165, 1.54) is 11.1 Å². The van der Waals surface area contributed by atoms with Gasteiger partial charge in [0.05, 0.1) is 17.8 Å². The molecule has 0 spiro atoms. The van der Waals surface area contributed by atoms with Gasteiger partial charge in [-0.3, -0.25) is 4.68 Å². The molecule has 1 saturated heterocycles. The van der Waals surface area contributed by atoms with Crippen LogP contribution in [0.1, 0.15) is 11.8 Å². The largest absolute Gasteiger partial charge is 0.366 e. The van der Waals surface area contributed by atoms with Crippen molar-refractivity contribution in [3.8, 4) is 0 Å². The number of rotatable bonds is 1. The molecule has 3 nitrogen and oxygen atoms in total. The molecule has 2 aromatic rings. The minimum Gasteiger partial charge on any atom is -0.366 e. The summed E-state index contributed by atoms with van der Waals surface area (Å²) in [6.07, 6.45) is 0.275. The summed E-state index contributed by atoms with van der Waals surface area (Å²) >= 11 is 0. The lowest BCUT2D eigenvalue weighted by Crippen LogP contribution is -1.96. The van der Waals surface area contributed by atoms with Crippen LogP contribution in [0.15, 0.2) is 24.3 Å². The van der Waals surface area contributed by atoms with Gasteiger partial charge < -0.3 is 4.74 Å². The zero-order valence-electron chi connectivity index (χ0n) is 7.40. The first-order valence-corrected chi connectivity index (χ1v) is 4.39. The molecule has 3 heteroatoms. The van der Waals surface area contributed by atoms with Crippen molar-refractivity contribution in [1.82, 2.24) is 9.78 Å². The number of epoxide rings is 1. The second-order valence-corrected chi connectivity index (χ2v) is 3.35. The van der Waals surface area contributed by atoms with E-state index in [4.69, 9.17) is 4.74 Å². The quantitative estimate of drug-likeness (QED) is 0.615. The van der Waals surface area contributed by atoms with Crippen molar-refractivity contribution in [2.24, 2.45) is 7.05 Å². The first-order valence-electron chi connectivity index (χ1n) is 4.39. The molecule has 1 fully saturated rings. The second-order valence-electron chi connectivity index (χ2n) is 3.35. The molecule has 0 radical (unpaired) electrons.